The lowest BCUT2D eigenvalue weighted by Gasteiger charge is -2.21. The minimum atomic E-state index is -4.40. The SMILES string of the molecule is CCc1ccc(CC)c(SCc2c(N(C)N)cccc2C(F)(F)F)c1. The van der Waals surface area contributed by atoms with Crippen LogP contribution in [0.1, 0.15) is 36.1 Å². The molecule has 25 heavy (non-hydrogen) atoms. The average molecular weight is 368 g/mol. The Kier molecular flexibility index (Phi) is 6.41. The summed E-state index contributed by atoms with van der Waals surface area (Å²) in [6, 6.07) is 10.3. The Morgan fingerprint density at radius 1 is 1.08 bits per heavy atom. The van der Waals surface area contributed by atoms with Crippen molar-refractivity contribution < 1.29 is 13.2 Å². The molecule has 0 unspecified atom stereocenters. The van der Waals surface area contributed by atoms with Crippen LogP contribution in [0.25, 0.3) is 0 Å². The number of nitrogens with zero attached hydrogens (tertiary/aromatic N) is 1. The van der Waals surface area contributed by atoms with E-state index in [1.165, 1.54) is 28.4 Å². The van der Waals surface area contributed by atoms with E-state index >= 15 is 0 Å². The number of thioether (sulfide) groups is 1. The Balaban J connectivity index is 2.41. The van der Waals surface area contributed by atoms with Gasteiger partial charge >= 0.3 is 6.18 Å². The number of nitrogens with two attached hydrogens (primary N) is 1. The lowest BCUT2D eigenvalue weighted by atomic mass is 10.1. The molecular weight excluding hydrogens is 345 g/mol. The summed E-state index contributed by atoms with van der Waals surface area (Å²) in [6.45, 7) is 4.11. The normalized spacial score (nSPS) is 11.6. The van der Waals surface area contributed by atoms with Crippen molar-refractivity contribution in [2.24, 2.45) is 5.84 Å². The van der Waals surface area contributed by atoms with Gasteiger partial charge in [0.2, 0.25) is 0 Å². The fourth-order valence-electron chi connectivity index (χ4n) is 2.72. The van der Waals surface area contributed by atoms with Crippen molar-refractivity contribution in [3.05, 3.63) is 58.7 Å². The summed E-state index contributed by atoms with van der Waals surface area (Å²) in [5, 5.41) is 1.24. The van der Waals surface area contributed by atoms with Gasteiger partial charge in [0.05, 0.1) is 11.3 Å². The molecule has 136 valence electrons. The van der Waals surface area contributed by atoms with Crippen LogP contribution in [0.2, 0.25) is 0 Å². The third-order valence-electron chi connectivity index (χ3n) is 4.13. The summed E-state index contributed by atoms with van der Waals surface area (Å²) in [5.41, 5.74) is 2.31. The van der Waals surface area contributed by atoms with Gasteiger partial charge in [0.15, 0.2) is 0 Å². The zero-order valence-electron chi connectivity index (χ0n) is 14.7. The van der Waals surface area contributed by atoms with E-state index in [1.54, 1.807) is 13.1 Å². The van der Waals surface area contributed by atoms with Crippen LogP contribution in [0.15, 0.2) is 41.3 Å². The molecule has 6 heteroatoms. The molecule has 0 saturated heterocycles. The van der Waals surface area contributed by atoms with E-state index in [4.69, 9.17) is 5.84 Å². The molecule has 2 nitrogen and oxygen atoms in total. The fraction of sp³-hybridized carbons (Fsp3) is 0.368. The molecule has 0 heterocycles. The van der Waals surface area contributed by atoms with Crippen LogP contribution in [0.3, 0.4) is 0 Å². The van der Waals surface area contributed by atoms with Gasteiger partial charge in [-0.25, -0.2) is 5.84 Å². The van der Waals surface area contributed by atoms with E-state index in [9.17, 15) is 13.2 Å². The van der Waals surface area contributed by atoms with E-state index in [-0.39, 0.29) is 11.3 Å². The summed E-state index contributed by atoms with van der Waals surface area (Å²) in [6.07, 6.45) is -2.66. The second-order valence-corrected chi connectivity index (χ2v) is 6.87. The molecule has 2 aromatic rings. The molecule has 2 aromatic carbocycles. The average Bonchev–Trinajstić information content (AvgIpc) is 2.58. The Morgan fingerprint density at radius 3 is 2.36 bits per heavy atom. The minimum absolute atomic E-state index is 0.215. The molecule has 0 saturated carbocycles. The van der Waals surface area contributed by atoms with Crippen LogP contribution in [-0.4, -0.2) is 7.05 Å². The van der Waals surface area contributed by atoms with Gasteiger partial charge in [0, 0.05) is 17.7 Å². The van der Waals surface area contributed by atoms with Crippen molar-refractivity contribution in [2.75, 3.05) is 12.1 Å². The lowest BCUT2D eigenvalue weighted by molar-refractivity contribution is -0.138. The first-order chi connectivity index (χ1) is 11.8. The monoisotopic (exact) mass is 368 g/mol. The van der Waals surface area contributed by atoms with E-state index in [0.717, 1.165) is 29.4 Å². The smallest absolute Gasteiger partial charge is 0.314 e. The largest absolute Gasteiger partial charge is 0.416 e. The number of hydrogen-bond donors (Lipinski definition) is 1. The third kappa shape index (κ3) is 4.70. The molecule has 0 aliphatic carbocycles. The van der Waals surface area contributed by atoms with Crippen LogP contribution in [-0.2, 0) is 24.8 Å². The molecule has 0 aromatic heterocycles. The van der Waals surface area contributed by atoms with Crippen molar-refractivity contribution in [1.82, 2.24) is 0 Å². The summed E-state index contributed by atoms with van der Waals surface area (Å²) in [7, 11) is 1.55. The molecular formula is C19H23F3N2S. The number of benzene rings is 2. The highest BCUT2D eigenvalue weighted by Crippen LogP contribution is 2.39. The molecule has 2 rings (SSSR count). The first-order valence-electron chi connectivity index (χ1n) is 8.20. The number of hydrogen-bond acceptors (Lipinski definition) is 3. The molecule has 0 aliphatic heterocycles. The van der Waals surface area contributed by atoms with Gasteiger partial charge < -0.3 is 5.01 Å². The highest BCUT2D eigenvalue weighted by molar-refractivity contribution is 7.98. The second kappa shape index (κ2) is 8.15. The Bertz CT molecular complexity index is 727. The minimum Gasteiger partial charge on any atom is -0.314 e. The zero-order valence-corrected chi connectivity index (χ0v) is 15.5. The molecule has 0 aliphatic rings. The lowest BCUT2D eigenvalue weighted by Crippen LogP contribution is -2.27. The van der Waals surface area contributed by atoms with Gasteiger partial charge in [-0.2, -0.15) is 13.2 Å². The third-order valence-corrected chi connectivity index (χ3v) is 5.25. The van der Waals surface area contributed by atoms with Gasteiger partial charge in [-0.3, -0.25) is 0 Å². The van der Waals surface area contributed by atoms with Crippen molar-refractivity contribution in [2.45, 2.75) is 43.5 Å². The number of anilines is 1. The molecule has 2 N–H and O–H groups in total. The molecule has 0 bridgehead atoms. The van der Waals surface area contributed by atoms with E-state index in [2.05, 4.69) is 25.1 Å². The molecule has 0 amide bonds. The van der Waals surface area contributed by atoms with E-state index < -0.39 is 11.7 Å². The van der Waals surface area contributed by atoms with Crippen molar-refractivity contribution in [3.8, 4) is 0 Å². The highest BCUT2D eigenvalue weighted by Gasteiger charge is 2.34. The van der Waals surface area contributed by atoms with Crippen molar-refractivity contribution in [1.29, 1.82) is 0 Å². The summed E-state index contributed by atoms with van der Waals surface area (Å²) in [5.74, 6) is 5.97. The number of halogens is 3. The second-order valence-electron chi connectivity index (χ2n) is 5.85. The summed E-state index contributed by atoms with van der Waals surface area (Å²) in [4.78, 5) is 1.03. The number of rotatable bonds is 6. The van der Waals surface area contributed by atoms with E-state index in [0.29, 0.717) is 5.69 Å². The van der Waals surface area contributed by atoms with Gasteiger partial charge in [0.25, 0.3) is 0 Å². The van der Waals surface area contributed by atoms with Gasteiger partial charge in [-0.1, -0.05) is 32.0 Å². The highest BCUT2D eigenvalue weighted by atomic mass is 32.2. The number of hydrazine groups is 1. The number of alkyl halides is 3. The Morgan fingerprint density at radius 2 is 1.80 bits per heavy atom. The Hall–Kier alpha value is -1.66. The summed E-state index contributed by atoms with van der Waals surface area (Å²) < 4.78 is 40.2. The Labute approximate surface area is 151 Å². The van der Waals surface area contributed by atoms with Gasteiger partial charge in [-0.05, 0) is 47.7 Å². The van der Waals surface area contributed by atoms with Gasteiger partial charge in [-0.15, -0.1) is 11.8 Å². The topological polar surface area (TPSA) is 29.3 Å². The molecule has 0 spiro atoms. The summed E-state index contributed by atoms with van der Waals surface area (Å²) >= 11 is 1.43. The predicted molar refractivity (Wildman–Crippen MR) is 98.8 cm³/mol. The fourth-order valence-corrected chi connectivity index (χ4v) is 3.95. The maximum atomic E-state index is 13.4. The van der Waals surface area contributed by atoms with Gasteiger partial charge in [0.1, 0.15) is 0 Å². The first kappa shape index (κ1) is 19.7. The van der Waals surface area contributed by atoms with Crippen molar-refractivity contribution >= 4 is 17.4 Å². The quantitative estimate of drug-likeness (QED) is 0.419. The number of aryl methyl sites for hydroxylation is 2. The van der Waals surface area contributed by atoms with Crippen molar-refractivity contribution in [3.63, 3.8) is 0 Å². The van der Waals surface area contributed by atoms with E-state index in [1.807, 2.05) is 6.92 Å². The van der Waals surface area contributed by atoms with Crippen LogP contribution >= 0.6 is 11.8 Å². The maximum absolute atomic E-state index is 13.4. The zero-order chi connectivity index (χ0) is 18.6. The predicted octanol–water partition coefficient (Wildman–Crippen LogP) is 5.43. The standard InChI is InChI=1S/C19H23F3N2S/c1-4-13-9-10-14(5-2)18(11-13)25-12-15-16(19(20,21)22)7-6-8-17(15)24(3)23/h6-11H,4-5,12,23H2,1-3H3. The van der Waals surface area contributed by atoms with Crippen LogP contribution in [0, 0.1) is 0 Å². The molecule has 0 fully saturated rings. The maximum Gasteiger partial charge on any atom is 0.416 e. The van der Waals surface area contributed by atoms with Crippen LogP contribution < -0.4 is 10.9 Å². The first-order valence-corrected chi connectivity index (χ1v) is 9.18. The molecule has 0 radical (unpaired) electrons. The van der Waals surface area contributed by atoms with Crippen LogP contribution in [0.5, 0.6) is 0 Å². The molecule has 0 atom stereocenters. The van der Waals surface area contributed by atoms with Crippen LogP contribution in [0.4, 0.5) is 18.9 Å².